The number of hydrogen-bond acceptors (Lipinski definition) is 6. The van der Waals surface area contributed by atoms with Crippen molar-refractivity contribution in [2.45, 2.75) is 25.7 Å². The molecule has 8 nitrogen and oxygen atoms in total. The van der Waals surface area contributed by atoms with E-state index in [1.165, 1.54) is 24.3 Å². The minimum atomic E-state index is -4.76. The van der Waals surface area contributed by atoms with Gasteiger partial charge in [0.15, 0.2) is 9.84 Å². The van der Waals surface area contributed by atoms with Gasteiger partial charge in [0.2, 0.25) is 0 Å². The van der Waals surface area contributed by atoms with Crippen LogP contribution in [0.4, 0.5) is 13.2 Å². The van der Waals surface area contributed by atoms with Crippen molar-refractivity contribution in [3.63, 3.8) is 0 Å². The molecule has 1 aromatic carbocycles. The number of aromatic nitrogens is 4. The van der Waals surface area contributed by atoms with Crippen LogP contribution < -0.4 is 4.74 Å². The van der Waals surface area contributed by atoms with Gasteiger partial charge in [-0.3, -0.25) is 14.1 Å². The van der Waals surface area contributed by atoms with Crippen LogP contribution in [0.3, 0.4) is 0 Å². The highest BCUT2D eigenvalue weighted by Gasteiger charge is 2.32. The number of pyridine rings is 1. The molecule has 0 atom stereocenters. The third-order valence-corrected chi connectivity index (χ3v) is 8.25. The lowest BCUT2D eigenvalue weighted by Crippen LogP contribution is -2.50. The largest absolute Gasteiger partial charge is 0.573 e. The molecule has 0 aliphatic carbocycles. The van der Waals surface area contributed by atoms with Crippen LogP contribution in [0.5, 0.6) is 5.75 Å². The third-order valence-electron chi connectivity index (χ3n) is 6.64. The van der Waals surface area contributed by atoms with Crippen molar-refractivity contribution in [3.05, 3.63) is 60.6 Å². The summed E-state index contributed by atoms with van der Waals surface area (Å²) in [7, 11) is -1.19. The van der Waals surface area contributed by atoms with Gasteiger partial charge < -0.3 is 4.74 Å². The zero-order valence-corrected chi connectivity index (χ0v) is 22.3. The normalized spacial score (nSPS) is 16.2. The molecule has 3 aromatic heterocycles. The quantitative estimate of drug-likeness (QED) is 0.350. The second-order valence-corrected chi connectivity index (χ2v) is 12.2. The summed E-state index contributed by atoms with van der Waals surface area (Å²) < 4.78 is 68.9. The fraction of sp³-hybridized carbons (Fsp3) is 0.333. The second kappa shape index (κ2) is 9.73. The van der Waals surface area contributed by atoms with Crippen molar-refractivity contribution in [2.75, 3.05) is 24.6 Å². The summed E-state index contributed by atoms with van der Waals surface area (Å²) in [5.74, 6) is 6.53. The maximum atomic E-state index is 12.5. The highest BCUT2D eigenvalue weighted by Crippen LogP contribution is 2.29. The van der Waals surface area contributed by atoms with E-state index in [2.05, 4.69) is 26.6 Å². The van der Waals surface area contributed by atoms with Crippen molar-refractivity contribution in [2.24, 2.45) is 7.05 Å². The van der Waals surface area contributed by atoms with E-state index in [0.29, 0.717) is 30.0 Å². The first kappa shape index (κ1) is 26.8. The molecule has 204 valence electrons. The van der Waals surface area contributed by atoms with Gasteiger partial charge in [-0.15, -0.1) is 13.2 Å². The maximum Gasteiger partial charge on any atom is 0.573 e. The molecule has 0 spiro atoms. The topological polar surface area (TPSA) is 82.2 Å². The van der Waals surface area contributed by atoms with Crippen molar-refractivity contribution in [1.82, 2.24) is 24.2 Å². The SMILES string of the molecule is Cn1cc(-n2cc(C#CC(C)(C)N3CCS(=O)(=O)CC3)c3ccc(-c4ccc(OC(F)(F)F)cc4)nc32)cn1. The van der Waals surface area contributed by atoms with Crippen LogP contribution in [0.15, 0.2) is 55.0 Å². The molecule has 4 aromatic rings. The van der Waals surface area contributed by atoms with Gasteiger partial charge >= 0.3 is 6.36 Å². The zero-order chi connectivity index (χ0) is 28.0. The summed E-state index contributed by atoms with van der Waals surface area (Å²) >= 11 is 0. The molecule has 1 aliphatic heterocycles. The number of benzene rings is 1. The number of rotatable bonds is 4. The van der Waals surface area contributed by atoms with E-state index in [1.807, 2.05) is 36.9 Å². The Balaban J connectivity index is 1.52. The molecule has 1 fully saturated rings. The summed E-state index contributed by atoms with van der Waals surface area (Å²) in [4.78, 5) is 6.90. The Kier molecular flexibility index (Phi) is 6.68. The molecular formula is C27H26F3N5O3S. The van der Waals surface area contributed by atoms with Crippen LogP contribution in [0, 0.1) is 11.8 Å². The first-order chi connectivity index (χ1) is 18.3. The van der Waals surface area contributed by atoms with Crippen LogP contribution in [0.2, 0.25) is 0 Å². The third kappa shape index (κ3) is 5.94. The zero-order valence-electron chi connectivity index (χ0n) is 21.5. The summed E-state index contributed by atoms with van der Waals surface area (Å²) in [6.45, 7) is 4.81. The van der Waals surface area contributed by atoms with Gasteiger partial charge in [-0.1, -0.05) is 11.8 Å². The van der Waals surface area contributed by atoms with Gasteiger partial charge in [0.05, 0.1) is 40.2 Å². The fourth-order valence-electron chi connectivity index (χ4n) is 4.49. The van der Waals surface area contributed by atoms with Crippen LogP contribution in [0.1, 0.15) is 19.4 Å². The first-order valence-electron chi connectivity index (χ1n) is 12.2. The summed E-state index contributed by atoms with van der Waals surface area (Å²) in [6.07, 6.45) is 0.655. The molecule has 1 saturated heterocycles. The molecule has 39 heavy (non-hydrogen) atoms. The number of fused-ring (bicyclic) bond motifs is 1. The van der Waals surface area contributed by atoms with Gasteiger partial charge in [-0.2, -0.15) is 5.10 Å². The van der Waals surface area contributed by atoms with Crippen LogP contribution in [-0.2, 0) is 16.9 Å². The Labute approximate surface area is 223 Å². The number of sulfone groups is 1. The maximum absolute atomic E-state index is 12.5. The van der Waals surface area contributed by atoms with Crippen molar-refractivity contribution < 1.29 is 26.3 Å². The van der Waals surface area contributed by atoms with Gasteiger partial charge in [-0.25, -0.2) is 13.4 Å². The Morgan fingerprint density at radius 1 is 1.00 bits per heavy atom. The first-order valence-corrected chi connectivity index (χ1v) is 14.0. The molecule has 0 bridgehead atoms. The Morgan fingerprint density at radius 3 is 2.31 bits per heavy atom. The molecule has 0 saturated carbocycles. The molecule has 0 radical (unpaired) electrons. The number of halogens is 3. The lowest BCUT2D eigenvalue weighted by atomic mass is 10.0. The number of aryl methyl sites for hydroxylation is 1. The molecule has 0 amide bonds. The average molecular weight is 558 g/mol. The second-order valence-electron chi connectivity index (χ2n) is 9.87. The molecule has 0 unspecified atom stereocenters. The monoisotopic (exact) mass is 557 g/mol. The minimum Gasteiger partial charge on any atom is -0.406 e. The molecule has 12 heteroatoms. The van der Waals surface area contributed by atoms with Crippen molar-refractivity contribution in [1.29, 1.82) is 0 Å². The van der Waals surface area contributed by atoms with E-state index in [0.717, 1.165) is 16.6 Å². The Hall–Kier alpha value is -3.82. The fourth-order valence-corrected chi connectivity index (χ4v) is 5.69. The highest BCUT2D eigenvalue weighted by molar-refractivity contribution is 7.91. The summed E-state index contributed by atoms with van der Waals surface area (Å²) in [6, 6.07) is 9.22. The van der Waals surface area contributed by atoms with E-state index in [9.17, 15) is 21.6 Å². The highest BCUT2D eigenvalue weighted by atomic mass is 32.2. The van der Waals surface area contributed by atoms with E-state index < -0.39 is 21.7 Å². The molecule has 1 aliphatic rings. The molecule has 0 N–H and O–H groups in total. The number of hydrogen-bond donors (Lipinski definition) is 0. The van der Waals surface area contributed by atoms with Crippen LogP contribution >= 0.6 is 0 Å². The predicted molar refractivity (Wildman–Crippen MR) is 141 cm³/mol. The molecule has 5 rings (SSSR count). The van der Waals surface area contributed by atoms with Gasteiger partial charge in [0.1, 0.15) is 11.4 Å². The van der Waals surface area contributed by atoms with E-state index in [4.69, 9.17) is 4.98 Å². The smallest absolute Gasteiger partial charge is 0.406 e. The average Bonchev–Trinajstić information content (AvgIpc) is 3.45. The number of ether oxygens (including phenoxy) is 1. The predicted octanol–water partition coefficient (Wildman–Crippen LogP) is 4.19. The summed E-state index contributed by atoms with van der Waals surface area (Å²) in [5.41, 5.74) is 2.76. The van der Waals surface area contributed by atoms with Crippen LogP contribution in [0.25, 0.3) is 28.0 Å². The van der Waals surface area contributed by atoms with Gasteiger partial charge in [-0.05, 0) is 50.2 Å². The standard InChI is InChI=1S/C27H26F3N5O3S/c1-26(2,34-12-14-39(36,37)15-13-34)11-10-20-17-35(21-16-31-33(3)18-21)25-23(20)8-9-24(32-25)19-4-6-22(7-5-19)38-27(28,29)30/h4-9,16-18H,12-15H2,1-3H3. The number of alkyl halides is 3. The van der Waals surface area contributed by atoms with Gasteiger partial charge in [0.25, 0.3) is 0 Å². The lowest BCUT2D eigenvalue weighted by Gasteiger charge is -2.37. The Bertz CT molecular complexity index is 1680. The van der Waals surface area contributed by atoms with E-state index in [-0.39, 0.29) is 17.3 Å². The van der Waals surface area contributed by atoms with E-state index in [1.54, 1.807) is 24.0 Å². The Morgan fingerprint density at radius 2 is 1.69 bits per heavy atom. The molecule has 4 heterocycles. The van der Waals surface area contributed by atoms with Crippen LogP contribution in [-0.4, -0.2) is 69.1 Å². The lowest BCUT2D eigenvalue weighted by molar-refractivity contribution is -0.274. The summed E-state index contributed by atoms with van der Waals surface area (Å²) in [5, 5.41) is 5.05. The van der Waals surface area contributed by atoms with Crippen molar-refractivity contribution >= 4 is 20.9 Å². The number of nitrogens with zero attached hydrogens (tertiary/aromatic N) is 5. The van der Waals surface area contributed by atoms with E-state index >= 15 is 0 Å². The van der Waals surface area contributed by atoms with Gasteiger partial charge in [0, 0.05) is 43.5 Å². The van der Waals surface area contributed by atoms with Crippen molar-refractivity contribution in [3.8, 4) is 34.5 Å². The minimum absolute atomic E-state index is 0.119. The molecular weight excluding hydrogens is 531 g/mol.